The lowest BCUT2D eigenvalue weighted by atomic mass is 9.96. The highest BCUT2D eigenvalue weighted by atomic mass is 16.5. The van der Waals surface area contributed by atoms with Crippen molar-refractivity contribution in [2.45, 2.75) is 26.7 Å². The van der Waals surface area contributed by atoms with Crippen molar-refractivity contribution in [1.82, 2.24) is 0 Å². The first-order chi connectivity index (χ1) is 11.5. The van der Waals surface area contributed by atoms with Crippen molar-refractivity contribution in [1.29, 1.82) is 0 Å². The number of amides is 1. The molecule has 0 unspecified atom stereocenters. The number of anilines is 1. The van der Waals surface area contributed by atoms with E-state index in [0.717, 1.165) is 35.3 Å². The fourth-order valence-corrected chi connectivity index (χ4v) is 3.21. The van der Waals surface area contributed by atoms with Crippen LogP contribution in [0.15, 0.2) is 36.4 Å². The highest BCUT2D eigenvalue weighted by Gasteiger charge is 2.24. The molecule has 1 aliphatic rings. The molecule has 0 radical (unpaired) electrons. The summed E-state index contributed by atoms with van der Waals surface area (Å²) in [5, 5.41) is 0. The van der Waals surface area contributed by atoms with Gasteiger partial charge in [-0.25, -0.2) is 4.79 Å². The van der Waals surface area contributed by atoms with Crippen molar-refractivity contribution in [3.63, 3.8) is 0 Å². The summed E-state index contributed by atoms with van der Waals surface area (Å²) in [5.74, 6) is -0.163. The standard InChI is InChI=1S/C20H21NO3/c1-4-19(22)21-10-9-16-12-17(13(2)11-18(16)21)14-5-7-15(8-6-14)20(23)24-3/h5-8,11-12H,4,9-10H2,1-3H3. The normalized spacial score (nSPS) is 12.9. The number of rotatable bonds is 3. The molecule has 24 heavy (non-hydrogen) atoms. The number of aryl methyl sites for hydroxylation is 1. The summed E-state index contributed by atoms with van der Waals surface area (Å²) in [4.78, 5) is 25.5. The third kappa shape index (κ3) is 2.80. The van der Waals surface area contributed by atoms with Crippen molar-refractivity contribution in [2.24, 2.45) is 0 Å². The number of carbonyl (C=O) groups is 2. The van der Waals surface area contributed by atoms with Gasteiger partial charge in [-0.3, -0.25) is 4.79 Å². The number of benzene rings is 2. The SMILES string of the molecule is CCC(=O)N1CCc2cc(-c3ccc(C(=O)OC)cc3)c(C)cc21. The molecule has 3 rings (SSSR count). The molecule has 0 fully saturated rings. The van der Waals surface area contributed by atoms with E-state index in [1.54, 1.807) is 12.1 Å². The van der Waals surface area contributed by atoms with Crippen LogP contribution in [-0.2, 0) is 16.0 Å². The first kappa shape index (κ1) is 16.2. The summed E-state index contributed by atoms with van der Waals surface area (Å²) in [6.07, 6.45) is 1.41. The van der Waals surface area contributed by atoms with Gasteiger partial charge in [0.2, 0.25) is 5.91 Å². The number of esters is 1. The van der Waals surface area contributed by atoms with Gasteiger partial charge in [-0.1, -0.05) is 19.1 Å². The van der Waals surface area contributed by atoms with Crippen LogP contribution in [0.4, 0.5) is 5.69 Å². The largest absolute Gasteiger partial charge is 0.465 e. The molecule has 124 valence electrons. The minimum atomic E-state index is -0.332. The molecule has 0 saturated heterocycles. The molecule has 2 aromatic carbocycles. The van der Waals surface area contributed by atoms with Gasteiger partial charge in [0.05, 0.1) is 12.7 Å². The second-order valence-corrected chi connectivity index (χ2v) is 6.01. The Morgan fingerprint density at radius 1 is 1.17 bits per heavy atom. The van der Waals surface area contributed by atoms with Gasteiger partial charge < -0.3 is 9.64 Å². The summed E-state index contributed by atoms with van der Waals surface area (Å²) < 4.78 is 4.73. The van der Waals surface area contributed by atoms with Crippen LogP contribution in [-0.4, -0.2) is 25.5 Å². The average Bonchev–Trinajstić information content (AvgIpc) is 3.02. The topological polar surface area (TPSA) is 46.6 Å². The maximum Gasteiger partial charge on any atom is 0.337 e. The molecule has 0 atom stereocenters. The lowest BCUT2D eigenvalue weighted by Gasteiger charge is -2.18. The van der Waals surface area contributed by atoms with E-state index in [2.05, 4.69) is 19.1 Å². The maximum atomic E-state index is 12.1. The van der Waals surface area contributed by atoms with E-state index in [-0.39, 0.29) is 11.9 Å². The van der Waals surface area contributed by atoms with Crippen LogP contribution < -0.4 is 4.90 Å². The Balaban J connectivity index is 1.96. The summed E-state index contributed by atoms with van der Waals surface area (Å²) in [6.45, 7) is 4.70. The minimum absolute atomic E-state index is 0.170. The molecule has 0 N–H and O–H groups in total. The summed E-state index contributed by atoms with van der Waals surface area (Å²) in [5.41, 5.74) is 6.10. The highest BCUT2D eigenvalue weighted by Crippen LogP contribution is 2.35. The predicted octanol–water partition coefficient (Wildman–Crippen LogP) is 3.75. The van der Waals surface area contributed by atoms with Gasteiger partial charge in [0.15, 0.2) is 0 Å². The van der Waals surface area contributed by atoms with Crippen molar-refractivity contribution < 1.29 is 14.3 Å². The van der Waals surface area contributed by atoms with Crippen LogP contribution in [0.25, 0.3) is 11.1 Å². The Labute approximate surface area is 142 Å². The molecular formula is C20H21NO3. The van der Waals surface area contributed by atoms with E-state index in [1.165, 1.54) is 12.7 Å². The monoisotopic (exact) mass is 323 g/mol. The fourth-order valence-electron chi connectivity index (χ4n) is 3.21. The first-order valence-electron chi connectivity index (χ1n) is 8.17. The quantitative estimate of drug-likeness (QED) is 0.808. The third-order valence-corrected chi connectivity index (χ3v) is 4.54. The molecule has 1 amide bonds. The Morgan fingerprint density at radius 3 is 2.50 bits per heavy atom. The molecule has 0 saturated carbocycles. The summed E-state index contributed by atoms with van der Waals surface area (Å²) in [7, 11) is 1.38. The molecule has 1 heterocycles. The zero-order valence-electron chi connectivity index (χ0n) is 14.3. The van der Waals surface area contributed by atoms with E-state index >= 15 is 0 Å². The molecule has 2 aromatic rings. The van der Waals surface area contributed by atoms with Gasteiger partial charge in [0.1, 0.15) is 0 Å². The van der Waals surface area contributed by atoms with Gasteiger partial charge in [0.25, 0.3) is 0 Å². The Morgan fingerprint density at radius 2 is 1.88 bits per heavy atom. The smallest absolute Gasteiger partial charge is 0.337 e. The summed E-state index contributed by atoms with van der Waals surface area (Å²) >= 11 is 0. The number of carbonyl (C=O) groups excluding carboxylic acids is 2. The highest BCUT2D eigenvalue weighted by molar-refractivity contribution is 5.96. The third-order valence-electron chi connectivity index (χ3n) is 4.54. The summed E-state index contributed by atoms with van der Waals surface area (Å²) in [6, 6.07) is 11.7. The first-order valence-corrected chi connectivity index (χ1v) is 8.17. The van der Waals surface area contributed by atoms with E-state index < -0.39 is 0 Å². The number of fused-ring (bicyclic) bond motifs is 1. The van der Waals surface area contributed by atoms with E-state index in [1.807, 2.05) is 24.0 Å². The van der Waals surface area contributed by atoms with Crippen molar-refractivity contribution in [3.8, 4) is 11.1 Å². The van der Waals surface area contributed by atoms with Crippen molar-refractivity contribution in [2.75, 3.05) is 18.6 Å². The van der Waals surface area contributed by atoms with Crippen molar-refractivity contribution >= 4 is 17.6 Å². The second kappa shape index (κ2) is 6.48. The fraction of sp³-hybridized carbons (Fsp3) is 0.300. The minimum Gasteiger partial charge on any atom is -0.465 e. The van der Waals surface area contributed by atoms with Gasteiger partial charge in [-0.15, -0.1) is 0 Å². The molecule has 4 nitrogen and oxygen atoms in total. The number of nitrogens with zero attached hydrogens (tertiary/aromatic N) is 1. The maximum absolute atomic E-state index is 12.1. The molecule has 0 aliphatic carbocycles. The van der Waals surface area contributed by atoms with Crippen LogP contribution >= 0.6 is 0 Å². The lowest BCUT2D eigenvalue weighted by molar-refractivity contribution is -0.118. The van der Waals surface area contributed by atoms with Crippen LogP contribution in [0, 0.1) is 6.92 Å². The van der Waals surface area contributed by atoms with Crippen LogP contribution in [0.5, 0.6) is 0 Å². The van der Waals surface area contributed by atoms with Gasteiger partial charge >= 0.3 is 5.97 Å². The van der Waals surface area contributed by atoms with Gasteiger partial charge in [0, 0.05) is 18.7 Å². The molecule has 0 aromatic heterocycles. The number of hydrogen-bond acceptors (Lipinski definition) is 3. The Bertz CT molecular complexity index is 793. The van der Waals surface area contributed by atoms with Crippen LogP contribution in [0.2, 0.25) is 0 Å². The number of hydrogen-bond donors (Lipinski definition) is 0. The molecule has 1 aliphatic heterocycles. The Kier molecular flexibility index (Phi) is 4.38. The average molecular weight is 323 g/mol. The van der Waals surface area contributed by atoms with E-state index in [9.17, 15) is 9.59 Å². The second-order valence-electron chi connectivity index (χ2n) is 6.01. The number of methoxy groups -OCH3 is 1. The Hall–Kier alpha value is -2.62. The molecule has 4 heteroatoms. The van der Waals surface area contributed by atoms with Gasteiger partial charge in [-0.05, 0) is 59.9 Å². The van der Waals surface area contributed by atoms with Crippen molar-refractivity contribution in [3.05, 3.63) is 53.1 Å². The van der Waals surface area contributed by atoms with Gasteiger partial charge in [-0.2, -0.15) is 0 Å². The zero-order chi connectivity index (χ0) is 17.3. The number of ether oxygens (including phenoxy) is 1. The molecule has 0 spiro atoms. The lowest BCUT2D eigenvalue weighted by Crippen LogP contribution is -2.27. The van der Waals surface area contributed by atoms with E-state index in [4.69, 9.17) is 4.74 Å². The van der Waals surface area contributed by atoms with Crippen LogP contribution in [0.3, 0.4) is 0 Å². The predicted molar refractivity (Wildman–Crippen MR) is 94.3 cm³/mol. The molecular weight excluding hydrogens is 302 g/mol. The van der Waals surface area contributed by atoms with E-state index in [0.29, 0.717) is 12.0 Å². The zero-order valence-corrected chi connectivity index (χ0v) is 14.3. The van der Waals surface area contributed by atoms with Crippen LogP contribution in [0.1, 0.15) is 34.8 Å². The molecule has 0 bridgehead atoms.